The van der Waals surface area contributed by atoms with Gasteiger partial charge in [-0.3, -0.25) is 4.79 Å². The summed E-state index contributed by atoms with van der Waals surface area (Å²) in [5, 5.41) is 3.96. The zero-order valence-corrected chi connectivity index (χ0v) is 20.2. The molecule has 0 radical (unpaired) electrons. The van der Waals surface area contributed by atoms with Crippen LogP contribution in [-0.4, -0.2) is 24.2 Å². The highest BCUT2D eigenvalue weighted by atomic mass is 35.5. The number of hydrogen-bond donors (Lipinski definition) is 1. The Morgan fingerprint density at radius 3 is 2.68 bits per heavy atom. The van der Waals surface area contributed by atoms with Crippen molar-refractivity contribution in [3.05, 3.63) is 58.1 Å². The molecular formula is C28H32ClNO4. The van der Waals surface area contributed by atoms with Gasteiger partial charge >= 0.3 is 0 Å². The van der Waals surface area contributed by atoms with Crippen LogP contribution >= 0.6 is 11.6 Å². The summed E-state index contributed by atoms with van der Waals surface area (Å²) in [6, 6.07) is 11.9. The van der Waals surface area contributed by atoms with E-state index in [4.69, 9.17) is 25.8 Å². The molecule has 2 saturated carbocycles. The molecule has 0 bridgehead atoms. The normalized spacial score (nSPS) is 24.7. The Labute approximate surface area is 206 Å². The summed E-state index contributed by atoms with van der Waals surface area (Å²) < 4.78 is 18.4. The predicted molar refractivity (Wildman–Crippen MR) is 131 cm³/mol. The first-order valence-corrected chi connectivity index (χ1v) is 13.1. The maximum absolute atomic E-state index is 13.1. The van der Waals surface area contributed by atoms with Gasteiger partial charge in [0.15, 0.2) is 0 Å². The van der Waals surface area contributed by atoms with Crippen molar-refractivity contribution in [2.75, 3.05) is 6.61 Å². The number of fused-ring (bicyclic) bond motifs is 1. The zero-order chi connectivity index (χ0) is 23.1. The molecule has 2 aliphatic carbocycles. The summed E-state index contributed by atoms with van der Waals surface area (Å²) in [4.78, 5) is 13.1. The minimum Gasteiger partial charge on any atom is -0.490 e. The van der Waals surface area contributed by atoms with E-state index in [1.54, 1.807) is 0 Å². The lowest BCUT2D eigenvalue weighted by Crippen LogP contribution is -2.49. The van der Waals surface area contributed by atoms with Crippen molar-refractivity contribution in [1.82, 2.24) is 5.32 Å². The van der Waals surface area contributed by atoms with Gasteiger partial charge < -0.3 is 19.5 Å². The number of ether oxygens (including phenoxy) is 3. The predicted octanol–water partition coefficient (Wildman–Crippen LogP) is 6.23. The van der Waals surface area contributed by atoms with Crippen LogP contribution in [0.25, 0.3) is 0 Å². The maximum Gasteiger partial charge on any atom is 0.220 e. The van der Waals surface area contributed by atoms with Crippen molar-refractivity contribution in [1.29, 1.82) is 0 Å². The van der Waals surface area contributed by atoms with E-state index in [1.165, 1.54) is 19.3 Å². The summed E-state index contributed by atoms with van der Waals surface area (Å²) in [5.41, 5.74) is 3.07. The van der Waals surface area contributed by atoms with Crippen LogP contribution in [0.1, 0.15) is 86.6 Å². The lowest BCUT2D eigenvalue weighted by molar-refractivity contribution is -0.123. The Hall–Kier alpha value is -2.24. The van der Waals surface area contributed by atoms with E-state index in [1.807, 2.05) is 18.2 Å². The number of halogens is 1. The summed E-state index contributed by atoms with van der Waals surface area (Å²) in [6.07, 6.45) is 10.2. The summed E-state index contributed by atoms with van der Waals surface area (Å²) in [7, 11) is 0. The second-order valence-electron chi connectivity index (χ2n) is 10.3. The van der Waals surface area contributed by atoms with Gasteiger partial charge in [0, 0.05) is 29.0 Å². The van der Waals surface area contributed by atoms with E-state index >= 15 is 0 Å². The van der Waals surface area contributed by atoms with Crippen LogP contribution in [0.5, 0.6) is 11.5 Å². The fraction of sp³-hybridized carbons (Fsp3) is 0.536. The second kappa shape index (κ2) is 9.09. The van der Waals surface area contributed by atoms with Gasteiger partial charge in [-0.05, 0) is 75.1 Å². The minimum absolute atomic E-state index is 0.0483. The highest BCUT2D eigenvalue weighted by molar-refractivity contribution is 6.30. The quantitative estimate of drug-likeness (QED) is 0.476. The van der Waals surface area contributed by atoms with Crippen molar-refractivity contribution in [2.45, 2.75) is 88.1 Å². The van der Waals surface area contributed by atoms with Crippen LogP contribution < -0.4 is 14.8 Å². The van der Waals surface area contributed by atoms with Crippen LogP contribution in [0, 0.1) is 0 Å². The molecule has 34 heavy (non-hydrogen) atoms. The van der Waals surface area contributed by atoms with Gasteiger partial charge in [0.25, 0.3) is 0 Å². The standard InChI is InChI=1S/C28H32ClNO4/c29-19-10-11-24-22(15-19)23(16-28(34-24)13-4-14-28)30-26(31)12-9-18-5-3-8-21(25-17-32-25)27(18)33-20-6-1-2-7-20/h3,5,8,10-11,15,20,23,25H,1-2,4,6-7,9,12-14,16-17H2,(H,30,31). The third-order valence-corrected chi connectivity index (χ3v) is 8.10. The molecular weight excluding hydrogens is 450 g/mol. The second-order valence-corrected chi connectivity index (χ2v) is 10.8. The minimum atomic E-state index is -0.139. The van der Waals surface area contributed by atoms with E-state index < -0.39 is 0 Å². The number of amides is 1. The monoisotopic (exact) mass is 481 g/mol. The first-order chi connectivity index (χ1) is 16.6. The lowest BCUT2D eigenvalue weighted by atomic mass is 9.73. The van der Waals surface area contributed by atoms with E-state index in [0.717, 1.165) is 66.9 Å². The summed E-state index contributed by atoms with van der Waals surface area (Å²) in [6.45, 7) is 0.748. The number of carbonyl (C=O) groups is 1. The number of benzene rings is 2. The maximum atomic E-state index is 13.1. The van der Waals surface area contributed by atoms with Gasteiger partial charge in [0.05, 0.1) is 18.8 Å². The SMILES string of the molecule is O=C(CCc1cccc(C2CO2)c1OC1CCCC1)NC1CC2(CCC2)Oc2ccc(Cl)cc21. The average molecular weight is 482 g/mol. The number of hydrogen-bond acceptors (Lipinski definition) is 4. The van der Waals surface area contributed by atoms with Crippen molar-refractivity contribution in [3.8, 4) is 11.5 Å². The first kappa shape index (κ1) is 22.2. The average Bonchev–Trinajstić information content (AvgIpc) is 3.53. The molecule has 2 atom stereocenters. The third-order valence-electron chi connectivity index (χ3n) is 7.87. The molecule has 2 aromatic rings. The van der Waals surface area contributed by atoms with E-state index in [9.17, 15) is 4.79 Å². The molecule has 0 aromatic heterocycles. The van der Waals surface area contributed by atoms with Crippen molar-refractivity contribution in [3.63, 3.8) is 0 Å². The highest BCUT2D eigenvalue weighted by Gasteiger charge is 2.46. The molecule has 1 N–H and O–H groups in total. The summed E-state index contributed by atoms with van der Waals surface area (Å²) >= 11 is 6.28. The van der Waals surface area contributed by atoms with Crippen molar-refractivity contribution >= 4 is 17.5 Å². The van der Waals surface area contributed by atoms with Crippen LogP contribution in [0.3, 0.4) is 0 Å². The molecule has 2 unspecified atom stereocenters. The van der Waals surface area contributed by atoms with Gasteiger partial charge in [-0.1, -0.05) is 29.8 Å². The lowest BCUT2D eigenvalue weighted by Gasteiger charge is -2.48. The number of aryl methyl sites for hydroxylation is 1. The molecule has 2 heterocycles. The number of epoxide rings is 1. The molecule has 4 aliphatic rings. The molecule has 6 rings (SSSR count). The Kier molecular flexibility index (Phi) is 5.94. The molecule has 1 saturated heterocycles. The molecule has 1 amide bonds. The van der Waals surface area contributed by atoms with Crippen LogP contribution in [0.15, 0.2) is 36.4 Å². The number of rotatable bonds is 7. The van der Waals surface area contributed by atoms with Gasteiger partial charge in [0.2, 0.25) is 5.91 Å². The molecule has 6 heteroatoms. The van der Waals surface area contributed by atoms with Crippen LogP contribution in [-0.2, 0) is 16.0 Å². The topological polar surface area (TPSA) is 60.1 Å². The Morgan fingerprint density at radius 1 is 1.12 bits per heavy atom. The molecule has 2 aliphatic heterocycles. The molecule has 5 nitrogen and oxygen atoms in total. The van der Waals surface area contributed by atoms with Gasteiger partial charge in [-0.25, -0.2) is 0 Å². The van der Waals surface area contributed by atoms with Crippen molar-refractivity contribution < 1.29 is 19.0 Å². The molecule has 2 aromatic carbocycles. The zero-order valence-electron chi connectivity index (χ0n) is 19.5. The fourth-order valence-corrected chi connectivity index (χ4v) is 5.94. The summed E-state index contributed by atoms with van der Waals surface area (Å²) in [5.74, 6) is 1.85. The Balaban J connectivity index is 1.16. The molecule has 180 valence electrons. The highest BCUT2D eigenvalue weighted by Crippen LogP contribution is 2.49. The third kappa shape index (κ3) is 4.52. The first-order valence-electron chi connectivity index (χ1n) is 12.8. The Morgan fingerprint density at radius 2 is 1.94 bits per heavy atom. The van der Waals surface area contributed by atoms with Gasteiger partial charge in [-0.15, -0.1) is 0 Å². The number of para-hydroxylation sites is 1. The smallest absolute Gasteiger partial charge is 0.220 e. The molecule has 3 fully saturated rings. The Bertz CT molecular complexity index is 1070. The fourth-order valence-electron chi connectivity index (χ4n) is 5.76. The van der Waals surface area contributed by atoms with E-state index in [0.29, 0.717) is 17.9 Å². The van der Waals surface area contributed by atoms with Crippen molar-refractivity contribution in [2.24, 2.45) is 0 Å². The van der Waals surface area contributed by atoms with Gasteiger partial charge in [-0.2, -0.15) is 0 Å². The number of nitrogens with one attached hydrogen (secondary N) is 1. The van der Waals surface area contributed by atoms with E-state index in [-0.39, 0.29) is 29.8 Å². The number of carbonyl (C=O) groups excluding carboxylic acids is 1. The molecule has 1 spiro atoms. The largest absolute Gasteiger partial charge is 0.490 e. The van der Waals surface area contributed by atoms with Crippen LogP contribution in [0.2, 0.25) is 5.02 Å². The van der Waals surface area contributed by atoms with E-state index in [2.05, 4.69) is 23.5 Å². The van der Waals surface area contributed by atoms with Crippen LogP contribution in [0.4, 0.5) is 0 Å². The van der Waals surface area contributed by atoms with Gasteiger partial charge in [0.1, 0.15) is 23.2 Å².